The van der Waals surface area contributed by atoms with Crippen LogP contribution < -0.4 is 6.15 Å². The van der Waals surface area contributed by atoms with Crippen LogP contribution in [0.2, 0.25) is 0 Å². The van der Waals surface area contributed by atoms with E-state index in [1.807, 2.05) is 0 Å². The summed E-state index contributed by atoms with van der Waals surface area (Å²) in [5, 5.41) is 13.9. The predicted molar refractivity (Wildman–Crippen MR) is 52.0 cm³/mol. The summed E-state index contributed by atoms with van der Waals surface area (Å²) in [6.45, 7) is 5.65. The first-order valence-electron chi connectivity index (χ1n) is 1.76. The van der Waals surface area contributed by atoms with Crippen molar-refractivity contribution < 1.29 is 32.5 Å². The molecule has 0 aliphatic carbocycles. The summed E-state index contributed by atoms with van der Waals surface area (Å²) in [6.07, 6.45) is -1.83. The van der Waals surface area contributed by atoms with Crippen LogP contribution in [0.15, 0.2) is 0 Å². The Kier molecular flexibility index (Phi) is 37.6. The van der Waals surface area contributed by atoms with Crippen molar-refractivity contribution in [2.24, 2.45) is 0 Å². The number of nitrogens with zero attached hydrogens (tertiary/aromatic N) is 1. The molecule has 0 aromatic carbocycles. The number of carbonyl (C=O) groups is 1. The molecule has 0 atom stereocenters. The van der Waals surface area contributed by atoms with Gasteiger partial charge in [-0.05, 0) is 0 Å². The topological polar surface area (TPSA) is 173 Å². The molecule has 0 saturated carbocycles. The van der Waals surface area contributed by atoms with E-state index in [9.17, 15) is 0 Å². The average molecular weight is 273 g/mol. The molecule has 0 fully saturated rings. The Morgan fingerprint density at radius 1 is 1.29 bits per heavy atom. The molecule has 9 nitrogen and oxygen atoms in total. The van der Waals surface area contributed by atoms with Gasteiger partial charge in [0.2, 0.25) is 0 Å². The minimum absolute atomic E-state index is 0. The van der Waals surface area contributed by atoms with Crippen molar-refractivity contribution in [2.75, 3.05) is 0 Å². The summed E-state index contributed by atoms with van der Waals surface area (Å²) in [5.41, 5.74) is 0. The summed E-state index contributed by atoms with van der Waals surface area (Å²) in [7, 11) is -4.67. The van der Waals surface area contributed by atoms with Crippen LogP contribution in [0.25, 0.3) is 4.25 Å². The molecule has 0 bridgehead atoms. The van der Waals surface area contributed by atoms with Gasteiger partial charge in [0.25, 0.3) is 0 Å². The van der Waals surface area contributed by atoms with Crippen molar-refractivity contribution in [2.45, 2.75) is 0 Å². The van der Waals surface area contributed by atoms with Gasteiger partial charge in [-0.1, -0.05) is 0 Å². The van der Waals surface area contributed by atoms with Crippen LogP contribution in [0.4, 0.5) is 4.79 Å². The van der Waals surface area contributed by atoms with Gasteiger partial charge in [0, 0.05) is 0 Å². The second-order valence-electron chi connectivity index (χ2n) is 0.822. The average Bonchev–Trinajstić information content (AvgIpc) is 1.56. The zero-order valence-electron chi connectivity index (χ0n) is 6.69. The molecule has 0 aliphatic heterocycles. The van der Waals surface area contributed by atoms with Crippen LogP contribution >= 0.6 is 12.4 Å². The smallest absolute Gasteiger partial charge is 0.450 e. The van der Waals surface area contributed by atoms with Gasteiger partial charge in [-0.25, -0.2) is 4.79 Å². The van der Waals surface area contributed by atoms with Gasteiger partial charge in [0.15, 0.2) is 0 Å². The van der Waals surface area contributed by atoms with Gasteiger partial charge >= 0.3 is 16.6 Å². The van der Waals surface area contributed by atoms with Crippen LogP contribution in [0.5, 0.6) is 0 Å². The predicted octanol–water partition coefficient (Wildman–Crippen LogP) is 0.735. The Hall–Kier alpha value is -0.900. The van der Waals surface area contributed by atoms with Crippen LogP contribution in [0.1, 0.15) is 0 Å². The van der Waals surface area contributed by atoms with Crippen molar-refractivity contribution in [3.05, 3.63) is 10.8 Å². The number of halogens is 1. The van der Waals surface area contributed by atoms with Gasteiger partial charge in [-0.3, -0.25) is 15.7 Å². The second-order valence-corrected chi connectivity index (χ2v) is 1.90. The van der Waals surface area contributed by atoms with Crippen molar-refractivity contribution in [1.82, 2.24) is 6.15 Å². The van der Waals surface area contributed by atoms with Crippen molar-refractivity contribution in [1.29, 1.82) is 0 Å². The Bertz CT molecular complexity index is 233. The highest BCUT2D eigenvalue weighted by molar-refractivity contribution is 7.79. The molecule has 0 radical (unpaired) electrons. The lowest BCUT2D eigenvalue weighted by molar-refractivity contribution is 0.137. The molecule has 0 unspecified atom stereocenters. The van der Waals surface area contributed by atoms with E-state index in [1.165, 1.54) is 0 Å². The maximum absolute atomic E-state index is 8.74. The standard InChI is InChI=1S/CNS.CH2O3.ClH.H3N.H2O4S/c1-2-3;2-1(3)4;;;1-5(2,3)4/h;(H2,2,3,4);1H;1H3;(H2,1,2,3,4)/q-1;;;;/p+1. The Balaban J connectivity index is -0.0000000278. The van der Waals surface area contributed by atoms with E-state index in [-0.39, 0.29) is 18.6 Å². The lowest BCUT2D eigenvalue weighted by atomic mass is 11.5. The number of rotatable bonds is 0. The van der Waals surface area contributed by atoms with E-state index >= 15 is 0 Å². The third kappa shape index (κ3) is 1400. The quantitative estimate of drug-likeness (QED) is 0.244. The molecule has 8 N–H and O–H groups in total. The molecule has 0 saturated heterocycles. The monoisotopic (exact) mass is 272 g/mol. The van der Waals surface area contributed by atoms with Gasteiger partial charge < -0.3 is 33.4 Å². The third-order valence-corrected chi connectivity index (χ3v) is 0. The number of hydrogen-bond acceptors (Lipinski definition) is 4. The van der Waals surface area contributed by atoms with Crippen LogP contribution in [0.3, 0.4) is 0 Å². The van der Waals surface area contributed by atoms with E-state index in [4.69, 9.17) is 39.1 Å². The first-order chi connectivity index (χ1) is 5.15. The fraction of sp³-hybridized carbons (Fsp3) is 0. The van der Waals surface area contributed by atoms with Crippen molar-refractivity contribution >= 4 is 41.8 Å². The fourth-order valence-corrected chi connectivity index (χ4v) is 0. The fourth-order valence-electron chi connectivity index (χ4n) is 0. The lowest BCUT2D eigenvalue weighted by Crippen LogP contribution is -1.89. The summed E-state index contributed by atoms with van der Waals surface area (Å²) < 4.78 is 33.9. The minimum atomic E-state index is -4.67. The largest absolute Gasteiger partial charge is 0.503 e. The number of quaternary nitrogens is 1. The summed E-state index contributed by atoms with van der Waals surface area (Å²) in [4.78, 5) is 8.56. The molecule has 0 heterocycles. The molecular weight excluding hydrogens is 264 g/mol. The van der Waals surface area contributed by atoms with E-state index in [1.54, 1.807) is 0 Å². The van der Waals surface area contributed by atoms with Crippen molar-refractivity contribution in [3.63, 3.8) is 0 Å². The van der Waals surface area contributed by atoms with E-state index in [2.05, 4.69) is 17.1 Å². The highest BCUT2D eigenvalue weighted by Gasteiger charge is 1.84. The van der Waals surface area contributed by atoms with Gasteiger partial charge in [0.05, 0.1) is 0 Å². The highest BCUT2D eigenvalue weighted by Crippen LogP contribution is 1.59. The van der Waals surface area contributed by atoms with Gasteiger partial charge in [-0.2, -0.15) is 8.42 Å². The Morgan fingerprint density at radius 2 is 1.29 bits per heavy atom. The number of hydrogen-bond donors (Lipinski definition) is 5. The first kappa shape index (κ1) is 29.2. The molecule has 0 amide bonds. The SMILES string of the molecule is Cl.O=C(O)O.O=S(=O)(O)O.[C-]#[N+][S-].[NH4+]. The first-order valence-corrected chi connectivity index (χ1v) is 3.52. The van der Waals surface area contributed by atoms with Crippen LogP contribution in [-0.2, 0) is 23.2 Å². The highest BCUT2D eigenvalue weighted by atomic mass is 35.5. The van der Waals surface area contributed by atoms with Gasteiger partial charge in [-0.15, -0.1) is 12.4 Å². The van der Waals surface area contributed by atoms with Crippen molar-refractivity contribution in [3.8, 4) is 0 Å². The second kappa shape index (κ2) is 18.0. The normalized spacial score (nSPS) is 6.36. The molecule has 14 heavy (non-hydrogen) atoms. The third-order valence-electron chi connectivity index (χ3n) is 0. The molecule has 88 valence electrons. The zero-order chi connectivity index (χ0) is 10.8. The number of carboxylic acid groups (broad SMARTS) is 2. The molecular formula is C2H9ClN2O7S2. The lowest BCUT2D eigenvalue weighted by Gasteiger charge is -1.68. The van der Waals surface area contributed by atoms with Crippen LogP contribution in [-0.4, -0.2) is 33.9 Å². The van der Waals surface area contributed by atoms with E-state index in [0.29, 0.717) is 0 Å². The molecule has 0 aliphatic rings. The summed E-state index contributed by atoms with van der Waals surface area (Å²) in [5.74, 6) is 0. The molecule has 0 rings (SSSR count). The zero-order valence-corrected chi connectivity index (χ0v) is 9.14. The minimum Gasteiger partial charge on any atom is -0.450 e. The molecule has 0 aromatic heterocycles. The maximum atomic E-state index is 8.74. The molecule has 0 aromatic rings. The summed E-state index contributed by atoms with van der Waals surface area (Å²) >= 11 is 3.69. The summed E-state index contributed by atoms with van der Waals surface area (Å²) in [6, 6.07) is 0. The Morgan fingerprint density at radius 3 is 1.29 bits per heavy atom. The maximum Gasteiger partial charge on any atom is 0.503 e. The van der Waals surface area contributed by atoms with E-state index in [0.717, 1.165) is 0 Å². The van der Waals surface area contributed by atoms with Crippen LogP contribution in [0, 0.1) is 6.57 Å². The molecule has 12 heteroatoms. The Labute approximate surface area is 91.7 Å². The van der Waals surface area contributed by atoms with E-state index < -0.39 is 16.6 Å². The molecule has 0 spiro atoms. The van der Waals surface area contributed by atoms with Gasteiger partial charge in [0.1, 0.15) is 0 Å².